The van der Waals surface area contributed by atoms with Gasteiger partial charge >= 0.3 is 51.4 Å². The summed E-state index contributed by atoms with van der Waals surface area (Å²) in [6.45, 7) is 5.45. The molecule has 1 heterocycles. The summed E-state index contributed by atoms with van der Waals surface area (Å²) in [6, 6.07) is 0. The van der Waals surface area contributed by atoms with E-state index in [1.165, 1.54) is 32.1 Å². The molecule has 78 valence electrons. The van der Waals surface area contributed by atoms with Crippen molar-refractivity contribution in [3.8, 4) is 0 Å². The third-order valence-corrected chi connectivity index (χ3v) is 3.33. The maximum atomic E-state index is 5.82. The van der Waals surface area contributed by atoms with Gasteiger partial charge in [-0.15, -0.1) is 0 Å². The average Bonchev–Trinajstić information content (AvgIpc) is 2.29. The van der Waals surface area contributed by atoms with Crippen LogP contribution in [0.4, 0.5) is 0 Å². The van der Waals surface area contributed by atoms with E-state index in [1.54, 1.807) is 0 Å². The second-order valence-electron chi connectivity index (χ2n) is 5.09. The monoisotopic (exact) mass is 221 g/mol. The Bertz CT molecular complexity index is 171. The number of hydrogen-bond donors (Lipinski definition) is 0. The predicted molar refractivity (Wildman–Crippen MR) is 56.3 cm³/mol. The molecule has 1 aliphatic heterocycles. The first-order chi connectivity index (χ1) is 5.62. The van der Waals surface area contributed by atoms with Crippen LogP contribution in [0.2, 0.25) is 0 Å². The first-order valence-corrected chi connectivity index (χ1v) is 5.08. The Morgan fingerprint density at radius 3 is 2.14 bits per heavy atom. The molecule has 0 aromatic heterocycles. The third kappa shape index (κ3) is 3.57. The molecule has 1 aliphatic carbocycles. The average molecular weight is 221 g/mol. The van der Waals surface area contributed by atoms with Crippen LogP contribution in [-0.2, 0) is 4.74 Å². The summed E-state index contributed by atoms with van der Waals surface area (Å²) in [7, 11) is 0. The number of rotatable bonds is 0. The Labute approximate surface area is 132 Å². The van der Waals surface area contributed by atoms with E-state index in [-0.39, 0.29) is 64.4 Å². The molecule has 1 nitrogen and oxygen atoms in total. The first-order valence-electron chi connectivity index (χ1n) is 5.08. The van der Waals surface area contributed by atoms with Gasteiger partial charge in [0.05, 0.1) is 12.2 Å². The Hall–Kier alpha value is 1.60. The molecule has 1 spiro atoms. The smallest absolute Gasteiger partial charge is 0.375 e. The topological polar surface area (TPSA) is 9.23 Å². The molecule has 0 bridgehead atoms. The SMILES string of the molecule is CC1(C)CC2(CC[CH-]CC2)CO1.[CH3-].[K+]. The zero-order chi connectivity index (χ0) is 8.66. The molecule has 1 saturated heterocycles. The van der Waals surface area contributed by atoms with Gasteiger partial charge in [0, 0.05) is 0 Å². The molecule has 1 saturated carbocycles. The van der Waals surface area contributed by atoms with Crippen molar-refractivity contribution >= 4 is 0 Å². The molecule has 2 rings (SSSR count). The van der Waals surface area contributed by atoms with Gasteiger partial charge in [-0.3, -0.25) is 0 Å². The van der Waals surface area contributed by atoms with Crippen LogP contribution in [0.1, 0.15) is 46.0 Å². The molecule has 0 unspecified atom stereocenters. The predicted octanol–water partition coefficient (Wildman–Crippen LogP) is 0.404. The van der Waals surface area contributed by atoms with Gasteiger partial charge in [-0.1, -0.05) is 12.8 Å². The molecule has 0 atom stereocenters. The van der Waals surface area contributed by atoms with E-state index in [4.69, 9.17) is 4.74 Å². The zero-order valence-electron chi connectivity index (χ0n) is 10.2. The van der Waals surface area contributed by atoms with Crippen molar-refractivity contribution in [2.24, 2.45) is 5.41 Å². The van der Waals surface area contributed by atoms with Crippen molar-refractivity contribution in [2.75, 3.05) is 6.61 Å². The number of ether oxygens (including phenoxy) is 1. The molecule has 0 N–H and O–H groups in total. The van der Waals surface area contributed by atoms with Crippen LogP contribution < -0.4 is 51.4 Å². The fourth-order valence-electron chi connectivity index (χ4n) is 2.76. The third-order valence-electron chi connectivity index (χ3n) is 3.33. The maximum absolute atomic E-state index is 5.82. The van der Waals surface area contributed by atoms with Crippen LogP contribution in [-0.4, -0.2) is 12.2 Å². The second kappa shape index (κ2) is 5.79. The van der Waals surface area contributed by atoms with Crippen molar-refractivity contribution in [1.82, 2.24) is 0 Å². The van der Waals surface area contributed by atoms with Crippen molar-refractivity contribution in [2.45, 2.75) is 51.6 Å². The molecule has 0 aromatic rings. The van der Waals surface area contributed by atoms with Crippen molar-refractivity contribution in [1.29, 1.82) is 0 Å². The molecule has 0 amide bonds. The van der Waals surface area contributed by atoms with Crippen LogP contribution in [0.5, 0.6) is 0 Å². The summed E-state index contributed by atoms with van der Waals surface area (Å²) in [5, 5.41) is 0. The van der Waals surface area contributed by atoms with Gasteiger partial charge in [0.2, 0.25) is 0 Å². The van der Waals surface area contributed by atoms with E-state index in [0.717, 1.165) is 6.61 Å². The number of hydrogen-bond acceptors (Lipinski definition) is 1. The minimum Gasteiger partial charge on any atom is -0.375 e. The summed E-state index contributed by atoms with van der Waals surface area (Å²) in [5.74, 6) is 0. The quantitative estimate of drug-likeness (QED) is 0.425. The van der Waals surface area contributed by atoms with Crippen LogP contribution in [0.25, 0.3) is 0 Å². The van der Waals surface area contributed by atoms with Crippen LogP contribution >= 0.6 is 0 Å². The van der Waals surface area contributed by atoms with E-state index < -0.39 is 0 Å². The Kier molecular flexibility index (Phi) is 6.45. The van der Waals surface area contributed by atoms with Crippen molar-refractivity contribution in [3.05, 3.63) is 13.8 Å². The van der Waals surface area contributed by atoms with Gasteiger partial charge in [0.15, 0.2) is 0 Å². The second-order valence-corrected chi connectivity index (χ2v) is 5.09. The Balaban J connectivity index is 0.000000845. The van der Waals surface area contributed by atoms with Gasteiger partial charge in [-0.2, -0.15) is 12.8 Å². The molecule has 2 heteroatoms. The van der Waals surface area contributed by atoms with E-state index in [2.05, 4.69) is 20.3 Å². The normalized spacial score (nSPS) is 27.9. The van der Waals surface area contributed by atoms with E-state index in [9.17, 15) is 0 Å². The Morgan fingerprint density at radius 2 is 1.71 bits per heavy atom. The van der Waals surface area contributed by atoms with Gasteiger partial charge < -0.3 is 18.6 Å². The van der Waals surface area contributed by atoms with Crippen LogP contribution in [0.15, 0.2) is 0 Å². The van der Waals surface area contributed by atoms with E-state index >= 15 is 0 Å². The molecular formula is C12H22KO-. The molecule has 14 heavy (non-hydrogen) atoms. The van der Waals surface area contributed by atoms with E-state index in [0.29, 0.717) is 5.41 Å². The Morgan fingerprint density at radius 1 is 1.14 bits per heavy atom. The molecular weight excluding hydrogens is 199 g/mol. The minimum atomic E-state index is 0. The summed E-state index contributed by atoms with van der Waals surface area (Å²) in [4.78, 5) is 0. The van der Waals surface area contributed by atoms with Gasteiger partial charge in [0.25, 0.3) is 0 Å². The summed E-state index contributed by atoms with van der Waals surface area (Å²) in [5.41, 5.74) is 0.704. The van der Waals surface area contributed by atoms with E-state index in [1.807, 2.05) is 0 Å². The van der Waals surface area contributed by atoms with Crippen molar-refractivity contribution in [3.63, 3.8) is 0 Å². The van der Waals surface area contributed by atoms with Gasteiger partial charge in [-0.25, -0.2) is 0 Å². The van der Waals surface area contributed by atoms with Crippen LogP contribution in [0.3, 0.4) is 0 Å². The van der Waals surface area contributed by atoms with Gasteiger partial charge in [0.1, 0.15) is 0 Å². The minimum absolute atomic E-state index is 0. The molecule has 0 aromatic carbocycles. The largest absolute Gasteiger partial charge is 1.00 e. The summed E-state index contributed by atoms with van der Waals surface area (Å²) < 4.78 is 5.82. The van der Waals surface area contributed by atoms with Crippen molar-refractivity contribution < 1.29 is 56.1 Å². The molecule has 2 aliphatic rings. The molecule has 2 fully saturated rings. The van der Waals surface area contributed by atoms with Gasteiger partial charge in [-0.05, 0) is 25.7 Å². The van der Waals surface area contributed by atoms with Crippen LogP contribution in [0, 0.1) is 19.3 Å². The fourth-order valence-corrected chi connectivity index (χ4v) is 2.76. The molecule has 0 radical (unpaired) electrons. The first kappa shape index (κ1) is 15.6. The summed E-state index contributed by atoms with van der Waals surface area (Å²) >= 11 is 0. The zero-order valence-corrected chi connectivity index (χ0v) is 13.4. The fraction of sp³-hybridized carbons (Fsp3) is 0.833. The maximum Gasteiger partial charge on any atom is 1.00 e. The standard InChI is InChI=1S/C11H19O.CH3.K/c1-10(2)8-11(9-12-10)6-4-3-5-7-11;;/h3H,4-9H2,1-2H3;1H3;/q2*-1;+1. The summed E-state index contributed by atoms with van der Waals surface area (Å²) in [6.07, 6.45) is 9.02.